The highest BCUT2D eigenvalue weighted by Crippen LogP contribution is 2.31. The van der Waals surface area contributed by atoms with Crippen molar-refractivity contribution in [2.24, 2.45) is 0 Å². The van der Waals surface area contributed by atoms with Gasteiger partial charge in [0, 0.05) is 12.1 Å². The van der Waals surface area contributed by atoms with Crippen LogP contribution in [-0.2, 0) is 11.2 Å². The van der Waals surface area contributed by atoms with E-state index in [4.69, 9.17) is 9.47 Å². The molecule has 2 aromatic rings. The SMILES string of the molecule is CC(C)c1ccc(NC(=O)CCc2ccc3c(c2)OCCO3)cc1. The zero-order valence-electron chi connectivity index (χ0n) is 14.2. The van der Waals surface area contributed by atoms with Crippen molar-refractivity contribution >= 4 is 11.6 Å². The number of rotatable bonds is 5. The van der Waals surface area contributed by atoms with Gasteiger partial charge >= 0.3 is 0 Å². The molecule has 2 aromatic carbocycles. The van der Waals surface area contributed by atoms with Crippen LogP contribution in [0.2, 0.25) is 0 Å². The molecule has 0 aliphatic carbocycles. The van der Waals surface area contributed by atoms with Crippen LogP contribution in [0.5, 0.6) is 11.5 Å². The van der Waals surface area contributed by atoms with E-state index < -0.39 is 0 Å². The van der Waals surface area contributed by atoms with Crippen LogP contribution in [0.15, 0.2) is 42.5 Å². The summed E-state index contributed by atoms with van der Waals surface area (Å²) in [7, 11) is 0. The summed E-state index contributed by atoms with van der Waals surface area (Å²) in [6.45, 7) is 5.47. The second-order valence-electron chi connectivity index (χ2n) is 6.30. The van der Waals surface area contributed by atoms with Crippen molar-refractivity contribution in [1.29, 1.82) is 0 Å². The van der Waals surface area contributed by atoms with Gasteiger partial charge in [0.25, 0.3) is 0 Å². The number of fused-ring (bicyclic) bond motifs is 1. The van der Waals surface area contributed by atoms with Crippen molar-refractivity contribution in [3.05, 3.63) is 53.6 Å². The lowest BCUT2D eigenvalue weighted by Crippen LogP contribution is -2.15. The molecule has 0 fully saturated rings. The molecule has 4 nitrogen and oxygen atoms in total. The van der Waals surface area contributed by atoms with Crippen LogP contribution in [0.25, 0.3) is 0 Å². The maximum atomic E-state index is 12.1. The van der Waals surface area contributed by atoms with Gasteiger partial charge in [-0.15, -0.1) is 0 Å². The van der Waals surface area contributed by atoms with E-state index in [1.54, 1.807) is 0 Å². The summed E-state index contributed by atoms with van der Waals surface area (Å²) in [5, 5.41) is 2.95. The molecule has 0 bridgehead atoms. The molecular weight excluding hydrogens is 302 g/mol. The summed E-state index contributed by atoms with van der Waals surface area (Å²) in [4.78, 5) is 12.1. The number of hydrogen-bond acceptors (Lipinski definition) is 3. The predicted octanol–water partition coefficient (Wildman–Crippen LogP) is 4.15. The zero-order chi connectivity index (χ0) is 16.9. The Hall–Kier alpha value is -2.49. The summed E-state index contributed by atoms with van der Waals surface area (Å²) in [5.74, 6) is 2.05. The van der Waals surface area contributed by atoms with Gasteiger partial charge in [0.2, 0.25) is 5.91 Å². The maximum Gasteiger partial charge on any atom is 0.224 e. The Morgan fingerprint density at radius 3 is 2.46 bits per heavy atom. The van der Waals surface area contributed by atoms with Crippen molar-refractivity contribution in [2.75, 3.05) is 18.5 Å². The molecule has 0 saturated heterocycles. The number of nitrogens with one attached hydrogen (secondary N) is 1. The highest BCUT2D eigenvalue weighted by molar-refractivity contribution is 5.90. The lowest BCUT2D eigenvalue weighted by atomic mass is 10.0. The number of aryl methyl sites for hydroxylation is 1. The molecular formula is C20H23NO3. The highest BCUT2D eigenvalue weighted by atomic mass is 16.6. The first-order chi connectivity index (χ1) is 11.6. The van der Waals surface area contributed by atoms with Crippen LogP contribution >= 0.6 is 0 Å². The molecule has 0 aromatic heterocycles. The molecule has 1 N–H and O–H groups in total. The van der Waals surface area contributed by atoms with Crippen molar-refractivity contribution in [2.45, 2.75) is 32.6 Å². The standard InChI is InChI=1S/C20H23NO3/c1-14(2)16-5-7-17(8-6-16)21-20(22)10-4-15-3-9-18-19(13-15)24-12-11-23-18/h3,5-9,13-14H,4,10-12H2,1-2H3,(H,21,22). The van der Waals surface area contributed by atoms with Gasteiger partial charge in [-0.25, -0.2) is 0 Å². The Labute approximate surface area is 142 Å². The normalized spacial score (nSPS) is 13.0. The fourth-order valence-electron chi connectivity index (χ4n) is 2.68. The number of anilines is 1. The zero-order valence-corrected chi connectivity index (χ0v) is 14.2. The molecule has 0 radical (unpaired) electrons. The van der Waals surface area contributed by atoms with Crippen molar-refractivity contribution in [1.82, 2.24) is 0 Å². The quantitative estimate of drug-likeness (QED) is 0.898. The lowest BCUT2D eigenvalue weighted by Gasteiger charge is -2.18. The van der Waals surface area contributed by atoms with Crippen LogP contribution in [-0.4, -0.2) is 19.1 Å². The molecule has 0 saturated carbocycles. The minimum absolute atomic E-state index is 0.0159. The molecule has 1 heterocycles. The molecule has 1 amide bonds. The van der Waals surface area contributed by atoms with Gasteiger partial charge in [0.1, 0.15) is 13.2 Å². The first kappa shape index (κ1) is 16.4. The summed E-state index contributed by atoms with van der Waals surface area (Å²) in [5.41, 5.74) is 3.18. The van der Waals surface area contributed by atoms with E-state index in [0.717, 1.165) is 22.7 Å². The predicted molar refractivity (Wildman–Crippen MR) is 94.9 cm³/mol. The number of carbonyl (C=O) groups excluding carboxylic acids is 1. The second kappa shape index (κ2) is 7.39. The van der Waals surface area contributed by atoms with Crippen molar-refractivity contribution in [3.63, 3.8) is 0 Å². The average molecular weight is 325 g/mol. The molecule has 126 valence electrons. The molecule has 3 rings (SSSR count). The van der Waals surface area contributed by atoms with Crippen LogP contribution in [0, 0.1) is 0 Å². The fraction of sp³-hybridized carbons (Fsp3) is 0.350. The average Bonchev–Trinajstić information content (AvgIpc) is 2.60. The number of amides is 1. The van der Waals surface area contributed by atoms with E-state index in [2.05, 4.69) is 31.3 Å². The van der Waals surface area contributed by atoms with E-state index in [1.165, 1.54) is 5.56 Å². The van der Waals surface area contributed by atoms with Gasteiger partial charge in [0.05, 0.1) is 0 Å². The van der Waals surface area contributed by atoms with Crippen LogP contribution < -0.4 is 14.8 Å². The molecule has 1 aliphatic rings. The van der Waals surface area contributed by atoms with Crippen molar-refractivity contribution < 1.29 is 14.3 Å². The van der Waals surface area contributed by atoms with Crippen LogP contribution in [0.4, 0.5) is 5.69 Å². The van der Waals surface area contributed by atoms with Crippen LogP contribution in [0.3, 0.4) is 0 Å². The lowest BCUT2D eigenvalue weighted by molar-refractivity contribution is -0.116. The first-order valence-corrected chi connectivity index (χ1v) is 8.40. The molecule has 4 heteroatoms. The largest absolute Gasteiger partial charge is 0.486 e. The molecule has 0 unspecified atom stereocenters. The summed E-state index contributed by atoms with van der Waals surface area (Å²) >= 11 is 0. The number of ether oxygens (including phenoxy) is 2. The third-order valence-electron chi connectivity index (χ3n) is 4.11. The van der Waals surface area contributed by atoms with E-state index >= 15 is 0 Å². The number of carbonyl (C=O) groups is 1. The summed E-state index contributed by atoms with van der Waals surface area (Å²) in [6.07, 6.45) is 1.11. The monoisotopic (exact) mass is 325 g/mol. The number of benzene rings is 2. The first-order valence-electron chi connectivity index (χ1n) is 8.40. The second-order valence-corrected chi connectivity index (χ2v) is 6.30. The Morgan fingerprint density at radius 2 is 1.75 bits per heavy atom. The van der Waals surface area contributed by atoms with Crippen molar-refractivity contribution in [3.8, 4) is 11.5 Å². The topological polar surface area (TPSA) is 47.6 Å². The van der Waals surface area contributed by atoms with E-state index in [9.17, 15) is 4.79 Å². The minimum atomic E-state index is 0.0159. The van der Waals surface area contributed by atoms with Gasteiger partial charge in [-0.3, -0.25) is 4.79 Å². The van der Waals surface area contributed by atoms with E-state index in [0.29, 0.717) is 32.0 Å². The molecule has 0 atom stereocenters. The third-order valence-corrected chi connectivity index (χ3v) is 4.11. The molecule has 24 heavy (non-hydrogen) atoms. The Bertz CT molecular complexity index is 707. The summed E-state index contributed by atoms with van der Waals surface area (Å²) < 4.78 is 11.1. The Kier molecular flexibility index (Phi) is 5.04. The summed E-state index contributed by atoms with van der Waals surface area (Å²) in [6, 6.07) is 13.9. The van der Waals surface area contributed by atoms with E-state index in [1.807, 2.05) is 30.3 Å². The molecule has 1 aliphatic heterocycles. The van der Waals surface area contributed by atoms with Gasteiger partial charge in [-0.1, -0.05) is 32.0 Å². The van der Waals surface area contributed by atoms with Gasteiger partial charge in [-0.2, -0.15) is 0 Å². The fourth-order valence-corrected chi connectivity index (χ4v) is 2.68. The van der Waals surface area contributed by atoms with E-state index in [-0.39, 0.29) is 5.91 Å². The van der Waals surface area contributed by atoms with Gasteiger partial charge < -0.3 is 14.8 Å². The smallest absolute Gasteiger partial charge is 0.224 e. The van der Waals surface area contributed by atoms with Gasteiger partial charge in [-0.05, 0) is 47.7 Å². The van der Waals surface area contributed by atoms with Gasteiger partial charge in [0.15, 0.2) is 11.5 Å². The van der Waals surface area contributed by atoms with Crippen LogP contribution in [0.1, 0.15) is 37.3 Å². The third kappa shape index (κ3) is 4.07. The Morgan fingerprint density at radius 1 is 1.04 bits per heavy atom. The molecule has 0 spiro atoms. The number of hydrogen-bond donors (Lipinski definition) is 1. The highest BCUT2D eigenvalue weighted by Gasteiger charge is 2.12. The maximum absolute atomic E-state index is 12.1. The Balaban J connectivity index is 1.53. The minimum Gasteiger partial charge on any atom is -0.486 e.